The maximum absolute atomic E-state index is 12.5. The van der Waals surface area contributed by atoms with Crippen LogP contribution >= 0.6 is 0 Å². The molecule has 0 aromatic heterocycles. The number of piperidine rings is 1. The highest BCUT2D eigenvalue weighted by Crippen LogP contribution is 2.29. The van der Waals surface area contributed by atoms with Crippen LogP contribution in [-0.2, 0) is 11.2 Å². The fraction of sp³-hybridized carbons (Fsp3) is 0.650. The van der Waals surface area contributed by atoms with Gasteiger partial charge in [0.05, 0.1) is 6.54 Å². The van der Waals surface area contributed by atoms with E-state index in [1.165, 1.54) is 18.4 Å². The van der Waals surface area contributed by atoms with Crippen molar-refractivity contribution in [3.05, 3.63) is 35.9 Å². The van der Waals surface area contributed by atoms with Gasteiger partial charge >= 0.3 is 0 Å². The van der Waals surface area contributed by atoms with Crippen LogP contribution in [0.1, 0.15) is 38.2 Å². The van der Waals surface area contributed by atoms with E-state index in [-0.39, 0.29) is 0 Å². The largest absolute Gasteiger partial charge is 0.342 e. The number of carbonyl (C=O) groups excluding carboxylic acids is 1. The van der Waals surface area contributed by atoms with Gasteiger partial charge in [-0.2, -0.15) is 0 Å². The standard InChI is InChI=1S/C20H30N2O/c1-2-21(15-19-8-9-19)16-20(23)22-12-10-18(11-13-22)14-17-6-4-3-5-7-17/h3-7,18-19H,2,8-16H2,1H3. The van der Waals surface area contributed by atoms with Crippen molar-refractivity contribution in [3.63, 3.8) is 0 Å². The van der Waals surface area contributed by atoms with E-state index >= 15 is 0 Å². The molecule has 0 bridgehead atoms. The van der Waals surface area contributed by atoms with Gasteiger partial charge in [0.15, 0.2) is 0 Å². The minimum atomic E-state index is 0.339. The van der Waals surface area contributed by atoms with Crippen LogP contribution in [0.3, 0.4) is 0 Å². The fourth-order valence-electron chi connectivity index (χ4n) is 3.60. The van der Waals surface area contributed by atoms with Crippen LogP contribution in [0, 0.1) is 11.8 Å². The molecule has 1 heterocycles. The van der Waals surface area contributed by atoms with E-state index in [4.69, 9.17) is 0 Å². The molecule has 0 N–H and O–H groups in total. The molecule has 3 heteroatoms. The van der Waals surface area contributed by atoms with Crippen molar-refractivity contribution in [1.29, 1.82) is 0 Å². The quantitative estimate of drug-likeness (QED) is 0.771. The third kappa shape index (κ3) is 5.07. The molecule has 0 atom stereocenters. The summed E-state index contributed by atoms with van der Waals surface area (Å²) >= 11 is 0. The summed E-state index contributed by atoms with van der Waals surface area (Å²) in [5.41, 5.74) is 1.43. The van der Waals surface area contributed by atoms with Crippen molar-refractivity contribution in [1.82, 2.24) is 9.80 Å². The molecule has 3 nitrogen and oxygen atoms in total. The number of rotatable bonds is 7. The maximum atomic E-state index is 12.5. The Balaban J connectivity index is 1.41. The normalized spacial score (nSPS) is 19.3. The molecule has 1 aromatic rings. The van der Waals surface area contributed by atoms with Crippen molar-refractivity contribution in [2.24, 2.45) is 11.8 Å². The van der Waals surface area contributed by atoms with E-state index in [0.717, 1.165) is 57.3 Å². The first-order valence-corrected chi connectivity index (χ1v) is 9.28. The molecule has 2 aliphatic rings. The van der Waals surface area contributed by atoms with Crippen LogP contribution in [0.2, 0.25) is 0 Å². The molecule has 1 aromatic carbocycles. The average molecular weight is 314 g/mol. The van der Waals surface area contributed by atoms with E-state index in [9.17, 15) is 4.79 Å². The second-order valence-corrected chi connectivity index (χ2v) is 7.28. The van der Waals surface area contributed by atoms with Gasteiger partial charge in [-0.3, -0.25) is 9.69 Å². The van der Waals surface area contributed by atoms with E-state index in [1.807, 2.05) is 0 Å². The van der Waals surface area contributed by atoms with Crippen LogP contribution in [0.15, 0.2) is 30.3 Å². The lowest BCUT2D eigenvalue weighted by Crippen LogP contribution is -2.44. The summed E-state index contributed by atoms with van der Waals surface area (Å²) in [6.45, 7) is 6.78. The first-order valence-electron chi connectivity index (χ1n) is 9.28. The predicted molar refractivity (Wildman–Crippen MR) is 94.3 cm³/mol. The molecule has 0 unspecified atom stereocenters. The van der Waals surface area contributed by atoms with Crippen molar-refractivity contribution in [2.75, 3.05) is 32.7 Å². The van der Waals surface area contributed by atoms with Gasteiger partial charge in [-0.25, -0.2) is 0 Å². The van der Waals surface area contributed by atoms with Gasteiger partial charge in [-0.1, -0.05) is 37.3 Å². The first kappa shape index (κ1) is 16.5. The van der Waals surface area contributed by atoms with Crippen LogP contribution in [0.25, 0.3) is 0 Å². The Hall–Kier alpha value is -1.35. The first-order chi connectivity index (χ1) is 11.2. The van der Waals surface area contributed by atoms with E-state index in [1.54, 1.807) is 0 Å². The predicted octanol–water partition coefficient (Wildman–Crippen LogP) is 3.20. The number of likely N-dealkylation sites (tertiary alicyclic amines) is 1. The zero-order valence-corrected chi connectivity index (χ0v) is 14.4. The smallest absolute Gasteiger partial charge is 0.236 e. The lowest BCUT2D eigenvalue weighted by molar-refractivity contribution is -0.133. The summed E-state index contributed by atoms with van der Waals surface area (Å²) < 4.78 is 0. The average Bonchev–Trinajstić information content (AvgIpc) is 3.40. The number of benzene rings is 1. The molecular weight excluding hydrogens is 284 g/mol. The zero-order valence-electron chi connectivity index (χ0n) is 14.4. The van der Waals surface area contributed by atoms with E-state index in [0.29, 0.717) is 12.5 Å². The lowest BCUT2D eigenvalue weighted by Gasteiger charge is -2.33. The Morgan fingerprint density at radius 1 is 1.09 bits per heavy atom. The zero-order chi connectivity index (χ0) is 16.1. The van der Waals surface area contributed by atoms with Crippen LogP contribution in [-0.4, -0.2) is 48.4 Å². The van der Waals surface area contributed by atoms with Gasteiger partial charge in [-0.05, 0) is 56.0 Å². The lowest BCUT2D eigenvalue weighted by atomic mass is 9.90. The molecule has 1 amide bonds. The summed E-state index contributed by atoms with van der Waals surface area (Å²) in [7, 11) is 0. The number of hydrogen-bond acceptors (Lipinski definition) is 2. The van der Waals surface area contributed by atoms with Crippen molar-refractivity contribution >= 4 is 5.91 Å². The highest BCUT2D eigenvalue weighted by molar-refractivity contribution is 5.78. The summed E-state index contributed by atoms with van der Waals surface area (Å²) in [6, 6.07) is 10.7. The molecule has 1 saturated heterocycles. The van der Waals surface area contributed by atoms with Gasteiger partial charge < -0.3 is 4.90 Å². The third-order valence-electron chi connectivity index (χ3n) is 5.35. The minimum absolute atomic E-state index is 0.339. The topological polar surface area (TPSA) is 23.6 Å². The van der Waals surface area contributed by atoms with Crippen LogP contribution in [0.5, 0.6) is 0 Å². The van der Waals surface area contributed by atoms with Gasteiger partial charge in [0.1, 0.15) is 0 Å². The van der Waals surface area contributed by atoms with Crippen molar-refractivity contribution in [3.8, 4) is 0 Å². The highest BCUT2D eigenvalue weighted by Gasteiger charge is 2.27. The summed E-state index contributed by atoms with van der Waals surface area (Å²) in [5, 5.41) is 0. The number of amides is 1. The van der Waals surface area contributed by atoms with Crippen LogP contribution < -0.4 is 0 Å². The third-order valence-corrected chi connectivity index (χ3v) is 5.35. The molecule has 0 spiro atoms. The molecule has 3 rings (SSSR count). The van der Waals surface area contributed by atoms with Gasteiger partial charge in [0, 0.05) is 19.6 Å². The van der Waals surface area contributed by atoms with Gasteiger partial charge in [0.25, 0.3) is 0 Å². The van der Waals surface area contributed by atoms with Gasteiger partial charge in [0.2, 0.25) is 5.91 Å². The SMILES string of the molecule is CCN(CC(=O)N1CCC(Cc2ccccc2)CC1)CC1CC1. The Labute approximate surface area is 140 Å². The molecule has 1 aliphatic carbocycles. The monoisotopic (exact) mass is 314 g/mol. The number of carbonyl (C=O) groups is 1. The van der Waals surface area contributed by atoms with E-state index in [2.05, 4.69) is 47.1 Å². The molecular formula is C20H30N2O. The molecule has 2 fully saturated rings. The molecule has 0 radical (unpaired) electrons. The number of nitrogens with zero attached hydrogens (tertiary/aromatic N) is 2. The van der Waals surface area contributed by atoms with Crippen LogP contribution in [0.4, 0.5) is 0 Å². The molecule has 23 heavy (non-hydrogen) atoms. The Morgan fingerprint density at radius 2 is 1.78 bits per heavy atom. The summed E-state index contributed by atoms with van der Waals surface area (Å²) in [6.07, 6.45) is 6.17. The second kappa shape index (κ2) is 7.96. The molecule has 126 valence electrons. The summed E-state index contributed by atoms with van der Waals surface area (Å²) in [4.78, 5) is 16.9. The number of hydrogen-bond donors (Lipinski definition) is 0. The van der Waals surface area contributed by atoms with Crippen molar-refractivity contribution in [2.45, 2.75) is 39.0 Å². The summed E-state index contributed by atoms with van der Waals surface area (Å²) in [5.74, 6) is 1.93. The Morgan fingerprint density at radius 3 is 2.39 bits per heavy atom. The van der Waals surface area contributed by atoms with Crippen molar-refractivity contribution < 1.29 is 4.79 Å². The Kier molecular flexibility index (Phi) is 5.71. The fourth-order valence-corrected chi connectivity index (χ4v) is 3.60. The maximum Gasteiger partial charge on any atom is 0.236 e. The highest BCUT2D eigenvalue weighted by atomic mass is 16.2. The number of likely N-dealkylation sites (N-methyl/N-ethyl adjacent to an activating group) is 1. The molecule has 1 saturated carbocycles. The van der Waals surface area contributed by atoms with Gasteiger partial charge in [-0.15, -0.1) is 0 Å². The molecule has 1 aliphatic heterocycles. The van der Waals surface area contributed by atoms with E-state index < -0.39 is 0 Å². The minimum Gasteiger partial charge on any atom is -0.342 e. The Bertz CT molecular complexity index is 490. The second-order valence-electron chi connectivity index (χ2n) is 7.28.